The molecule has 0 unspecified atom stereocenters. The molecule has 0 aromatic carbocycles. The molecule has 0 spiro atoms. The molecule has 0 radical (unpaired) electrons. The fourth-order valence-corrected chi connectivity index (χ4v) is 1.71. The Balaban J connectivity index is 3.57. The third-order valence-electron chi connectivity index (χ3n) is 2.81. The molecule has 0 amide bonds. The van der Waals surface area contributed by atoms with Crippen molar-refractivity contribution in [3.63, 3.8) is 0 Å². The van der Waals surface area contributed by atoms with E-state index in [9.17, 15) is 0 Å². The summed E-state index contributed by atoms with van der Waals surface area (Å²) < 4.78 is 0. The molecular formula is C13H27N. The largest absolute Gasteiger partial charge is 0.330 e. The van der Waals surface area contributed by atoms with Crippen LogP contribution >= 0.6 is 0 Å². The van der Waals surface area contributed by atoms with Crippen molar-refractivity contribution < 1.29 is 0 Å². The van der Waals surface area contributed by atoms with E-state index in [-0.39, 0.29) is 0 Å². The first-order valence-corrected chi connectivity index (χ1v) is 6.09. The second-order valence-corrected chi connectivity index (χ2v) is 4.35. The van der Waals surface area contributed by atoms with Gasteiger partial charge in [-0.15, -0.1) is 0 Å². The number of allylic oxidation sites excluding steroid dienone is 2. The summed E-state index contributed by atoms with van der Waals surface area (Å²) in [6, 6.07) is 0. The van der Waals surface area contributed by atoms with Gasteiger partial charge in [-0.2, -0.15) is 0 Å². The molecule has 0 fully saturated rings. The van der Waals surface area contributed by atoms with Crippen molar-refractivity contribution in [2.24, 2.45) is 17.6 Å². The standard InChI is InChI=1S/C13H27N/c1-4-6-7-8-9-12(3)10-13(5-2)11-14/h7-8,12-13H,4-6,9-11,14H2,1-3H3/b8-7+/t12-,13+/m1/s1. The van der Waals surface area contributed by atoms with Crippen molar-refractivity contribution in [2.45, 2.75) is 52.9 Å². The van der Waals surface area contributed by atoms with Crippen molar-refractivity contribution in [1.82, 2.24) is 0 Å². The highest BCUT2D eigenvalue weighted by Crippen LogP contribution is 2.17. The zero-order valence-corrected chi connectivity index (χ0v) is 10.1. The third-order valence-corrected chi connectivity index (χ3v) is 2.81. The van der Waals surface area contributed by atoms with Gasteiger partial charge in [-0.25, -0.2) is 0 Å². The minimum atomic E-state index is 0.726. The van der Waals surface area contributed by atoms with E-state index in [0.717, 1.165) is 18.4 Å². The first-order chi connectivity index (χ1) is 6.74. The van der Waals surface area contributed by atoms with Crippen molar-refractivity contribution in [3.8, 4) is 0 Å². The topological polar surface area (TPSA) is 26.0 Å². The molecule has 0 bridgehead atoms. The van der Waals surface area contributed by atoms with Crippen LogP contribution in [0, 0.1) is 11.8 Å². The van der Waals surface area contributed by atoms with Crippen LogP contribution in [-0.4, -0.2) is 6.54 Å². The highest BCUT2D eigenvalue weighted by Gasteiger charge is 2.08. The van der Waals surface area contributed by atoms with Gasteiger partial charge in [0.25, 0.3) is 0 Å². The molecule has 0 aliphatic rings. The van der Waals surface area contributed by atoms with E-state index in [0.29, 0.717) is 0 Å². The fourth-order valence-electron chi connectivity index (χ4n) is 1.71. The molecule has 0 heterocycles. The third kappa shape index (κ3) is 7.14. The lowest BCUT2D eigenvalue weighted by molar-refractivity contribution is 0.389. The van der Waals surface area contributed by atoms with Gasteiger partial charge in [0, 0.05) is 0 Å². The van der Waals surface area contributed by atoms with Crippen LogP contribution in [0.2, 0.25) is 0 Å². The molecule has 1 nitrogen and oxygen atoms in total. The number of unbranched alkanes of at least 4 members (excludes halogenated alkanes) is 1. The number of rotatable bonds is 8. The van der Waals surface area contributed by atoms with Gasteiger partial charge in [-0.3, -0.25) is 0 Å². The smallest absolute Gasteiger partial charge is 0.00489 e. The number of hydrogen-bond donors (Lipinski definition) is 1. The van der Waals surface area contributed by atoms with Gasteiger partial charge in [0.15, 0.2) is 0 Å². The predicted molar refractivity (Wildman–Crippen MR) is 65.3 cm³/mol. The Labute approximate surface area is 89.8 Å². The molecule has 2 atom stereocenters. The average molecular weight is 197 g/mol. The first kappa shape index (κ1) is 13.7. The highest BCUT2D eigenvalue weighted by atomic mass is 14.5. The van der Waals surface area contributed by atoms with Gasteiger partial charge in [-0.1, -0.05) is 45.8 Å². The maximum atomic E-state index is 5.69. The minimum absolute atomic E-state index is 0.726. The molecule has 0 saturated heterocycles. The van der Waals surface area contributed by atoms with E-state index in [4.69, 9.17) is 5.73 Å². The summed E-state index contributed by atoms with van der Waals surface area (Å²) in [6.07, 6.45) is 10.8. The van der Waals surface area contributed by atoms with E-state index in [1.165, 1.54) is 32.1 Å². The molecule has 0 rings (SSSR count). The van der Waals surface area contributed by atoms with Gasteiger partial charge in [0.05, 0.1) is 0 Å². The first-order valence-electron chi connectivity index (χ1n) is 6.09. The Morgan fingerprint density at radius 1 is 1.21 bits per heavy atom. The average Bonchev–Trinajstić information content (AvgIpc) is 2.21. The van der Waals surface area contributed by atoms with Crippen LogP contribution < -0.4 is 5.73 Å². The van der Waals surface area contributed by atoms with Crippen LogP contribution in [0.1, 0.15) is 52.9 Å². The Morgan fingerprint density at radius 2 is 1.93 bits per heavy atom. The summed E-state index contributed by atoms with van der Waals surface area (Å²) in [5.41, 5.74) is 5.69. The lowest BCUT2D eigenvalue weighted by Gasteiger charge is -2.16. The number of nitrogens with two attached hydrogens (primary N) is 1. The molecular weight excluding hydrogens is 170 g/mol. The zero-order valence-electron chi connectivity index (χ0n) is 10.1. The monoisotopic (exact) mass is 197 g/mol. The molecule has 14 heavy (non-hydrogen) atoms. The molecule has 1 heteroatoms. The van der Waals surface area contributed by atoms with Crippen LogP contribution in [0.3, 0.4) is 0 Å². The fraction of sp³-hybridized carbons (Fsp3) is 0.846. The van der Waals surface area contributed by atoms with Crippen LogP contribution in [-0.2, 0) is 0 Å². The SMILES string of the molecule is CCC/C=C/C[C@@H](C)C[C@H](CC)CN. The summed E-state index contributed by atoms with van der Waals surface area (Å²) in [5.74, 6) is 1.51. The molecule has 0 aliphatic heterocycles. The summed E-state index contributed by atoms with van der Waals surface area (Å²) in [4.78, 5) is 0. The van der Waals surface area contributed by atoms with Gasteiger partial charge in [0.2, 0.25) is 0 Å². The Morgan fingerprint density at radius 3 is 2.43 bits per heavy atom. The molecule has 84 valence electrons. The Bertz CT molecular complexity index is 136. The summed E-state index contributed by atoms with van der Waals surface area (Å²) in [5, 5.41) is 0. The van der Waals surface area contributed by atoms with Crippen molar-refractivity contribution in [2.75, 3.05) is 6.54 Å². The van der Waals surface area contributed by atoms with E-state index >= 15 is 0 Å². The van der Waals surface area contributed by atoms with Crippen LogP contribution in [0.4, 0.5) is 0 Å². The summed E-state index contributed by atoms with van der Waals surface area (Å²) >= 11 is 0. The molecule has 2 N–H and O–H groups in total. The molecule has 0 aliphatic carbocycles. The second-order valence-electron chi connectivity index (χ2n) is 4.35. The predicted octanol–water partition coefficient (Wildman–Crippen LogP) is 3.74. The molecule has 0 aromatic heterocycles. The van der Waals surface area contributed by atoms with Gasteiger partial charge in [-0.05, 0) is 37.6 Å². The van der Waals surface area contributed by atoms with Gasteiger partial charge < -0.3 is 5.73 Å². The van der Waals surface area contributed by atoms with Gasteiger partial charge >= 0.3 is 0 Å². The van der Waals surface area contributed by atoms with Gasteiger partial charge in [0.1, 0.15) is 0 Å². The lowest BCUT2D eigenvalue weighted by Crippen LogP contribution is -2.16. The van der Waals surface area contributed by atoms with Crippen molar-refractivity contribution in [3.05, 3.63) is 12.2 Å². The van der Waals surface area contributed by atoms with Crippen molar-refractivity contribution in [1.29, 1.82) is 0 Å². The Hall–Kier alpha value is -0.300. The Kier molecular flexibility index (Phi) is 9.06. The zero-order chi connectivity index (χ0) is 10.8. The molecule has 0 aromatic rings. The molecule has 0 saturated carbocycles. The van der Waals surface area contributed by atoms with Crippen LogP contribution in [0.15, 0.2) is 12.2 Å². The summed E-state index contributed by atoms with van der Waals surface area (Å²) in [7, 11) is 0. The van der Waals surface area contributed by atoms with E-state index in [2.05, 4.69) is 32.9 Å². The maximum Gasteiger partial charge on any atom is -0.00489 e. The number of hydrogen-bond acceptors (Lipinski definition) is 1. The van der Waals surface area contributed by atoms with E-state index in [1.807, 2.05) is 0 Å². The maximum absolute atomic E-state index is 5.69. The lowest BCUT2D eigenvalue weighted by atomic mass is 9.91. The van der Waals surface area contributed by atoms with Crippen molar-refractivity contribution >= 4 is 0 Å². The van der Waals surface area contributed by atoms with Crippen LogP contribution in [0.25, 0.3) is 0 Å². The quantitative estimate of drug-likeness (QED) is 0.589. The minimum Gasteiger partial charge on any atom is -0.330 e. The normalized spacial score (nSPS) is 16.0. The summed E-state index contributed by atoms with van der Waals surface area (Å²) in [6.45, 7) is 7.63. The van der Waals surface area contributed by atoms with E-state index < -0.39 is 0 Å². The van der Waals surface area contributed by atoms with E-state index in [1.54, 1.807) is 0 Å². The second kappa shape index (κ2) is 9.26. The van der Waals surface area contributed by atoms with Crippen LogP contribution in [0.5, 0.6) is 0 Å². The highest BCUT2D eigenvalue weighted by molar-refractivity contribution is 4.83.